The largest absolute Gasteiger partial charge is 0.467 e. The Morgan fingerprint density at radius 2 is 1.90 bits per heavy atom. The van der Waals surface area contributed by atoms with Gasteiger partial charge < -0.3 is 9.84 Å². The second-order valence-corrected chi connectivity index (χ2v) is 9.11. The van der Waals surface area contributed by atoms with Crippen LogP contribution < -0.4 is 4.90 Å². The summed E-state index contributed by atoms with van der Waals surface area (Å²) < 4.78 is 28.8. The third-order valence-corrected chi connectivity index (χ3v) is 6.79. The summed E-state index contributed by atoms with van der Waals surface area (Å²) in [7, 11) is 1.23. The van der Waals surface area contributed by atoms with Crippen molar-refractivity contribution < 1.29 is 27.9 Å². The van der Waals surface area contributed by atoms with Crippen molar-refractivity contribution in [2.24, 2.45) is 0 Å². The standard InChI is InChI=1S/C21H24N2O6S/c1-22(2)21(14-30(27,28)15-21)19(20(26)29-3)23(16-25)18-11-9-17(10-12-18)8-6-4-5-7-13-24/h9-12,16,19,24H,7,13-15H2,1-3H3. The lowest BCUT2D eigenvalue weighted by atomic mass is 9.90. The number of methoxy groups -OCH3 is 1. The number of nitrogens with zero attached hydrogens (tertiary/aromatic N) is 2. The molecule has 1 amide bonds. The molecular weight excluding hydrogens is 408 g/mol. The van der Waals surface area contributed by atoms with Crippen LogP contribution in [0, 0.1) is 23.7 Å². The molecule has 1 aromatic carbocycles. The molecule has 0 saturated carbocycles. The van der Waals surface area contributed by atoms with Crippen molar-refractivity contribution in [1.29, 1.82) is 0 Å². The van der Waals surface area contributed by atoms with Crippen molar-refractivity contribution in [2.45, 2.75) is 18.0 Å². The minimum atomic E-state index is -3.31. The third-order valence-electron chi connectivity index (χ3n) is 4.92. The number of anilines is 1. The van der Waals surface area contributed by atoms with Gasteiger partial charge in [-0.3, -0.25) is 14.6 Å². The zero-order valence-corrected chi connectivity index (χ0v) is 17.9. The number of amides is 1. The molecule has 2 rings (SSSR count). The zero-order valence-electron chi connectivity index (χ0n) is 17.1. The second kappa shape index (κ2) is 9.77. The van der Waals surface area contributed by atoms with Gasteiger partial charge in [0.15, 0.2) is 15.9 Å². The molecule has 160 valence electrons. The Morgan fingerprint density at radius 3 is 2.37 bits per heavy atom. The zero-order chi connectivity index (χ0) is 22.4. The van der Waals surface area contributed by atoms with Gasteiger partial charge in [0.05, 0.1) is 30.8 Å². The van der Waals surface area contributed by atoms with Crippen LogP contribution in [0.2, 0.25) is 0 Å². The van der Waals surface area contributed by atoms with Crippen LogP contribution in [0.1, 0.15) is 12.0 Å². The molecule has 0 aromatic heterocycles. The van der Waals surface area contributed by atoms with E-state index in [9.17, 15) is 18.0 Å². The lowest BCUT2D eigenvalue weighted by Gasteiger charge is -2.51. The van der Waals surface area contributed by atoms with E-state index in [1.165, 1.54) is 12.0 Å². The summed E-state index contributed by atoms with van der Waals surface area (Å²) in [4.78, 5) is 27.5. The molecule has 1 N–H and O–H groups in total. The van der Waals surface area contributed by atoms with E-state index in [0.29, 0.717) is 24.1 Å². The molecule has 0 radical (unpaired) electrons. The van der Waals surface area contributed by atoms with E-state index in [0.717, 1.165) is 0 Å². The number of sulfone groups is 1. The van der Waals surface area contributed by atoms with Crippen molar-refractivity contribution in [3.63, 3.8) is 0 Å². The molecule has 1 aromatic rings. The topological polar surface area (TPSA) is 104 Å². The molecule has 0 aliphatic carbocycles. The van der Waals surface area contributed by atoms with Gasteiger partial charge in [0.1, 0.15) is 0 Å². The monoisotopic (exact) mass is 432 g/mol. The van der Waals surface area contributed by atoms with Crippen LogP contribution in [-0.2, 0) is 24.2 Å². The van der Waals surface area contributed by atoms with Crippen molar-refractivity contribution in [1.82, 2.24) is 4.90 Å². The van der Waals surface area contributed by atoms with Gasteiger partial charge >= 0.3 is 5.97 Å². The van der Waals surface area contributed by atoms with E-state index < -0.39 is 27.4 Å². The first-order valence-electron chi connectivity index (χ1n) is 9.10. The quantitative estimate of drug-likeness (QED) is 0.357. The Balaban J connectivity index is 2.38. The van der Waals surface area contributed by atoms with Crippen LogP contribution in [-0.4, -0.2) is 81.7 Å². The fourth-order valence-electron chi connectivity index (χ4n) is 3.34. The Hall–Kier alpha value is -2.85. The van der Waals surface area contributed by atoms with Gasteiger partial charge in [0.2, 0.25) is 6.41 Å². The number of ether oxygens (including phenoxy) is 1. The number of aliphatic hydroxyl groups excluding tert-OH is 1. The molecular formula is C21H24N2O6S. The van der Waals surface area contributed by atoms with Gasteiger partial charge in [-0.05, 0) is 50.2 Å². The number of aliphatic hydroxyl groups is 1. The summed E-state index contributed by atoms with van der Waals surface area (Å²) in [5, 5.41) is 8.68. The van der Waals surface area contributed by atoms with Gasteiger partial charge in [-0.15, -0.1) is 0 Å². The van der Waals surface area contributed by atoms with E-state index in [2.05, 4.69) is 23.7 Å². The summed E-state index contributed by atoms with van der Waals surface area (Å²) in [6.45, 7) is -0.0258. The fraction of sp³-hybridized carbons (Fsp3) is 0.429. The highest BCUT2D eigenvalue weighted by atomic mass is 32.2. The van der Waals surface area contributed by atoms with Crippen LogP contribution in [0.15, 0.2) is 24.3 Å². The number of benzene rings is 1. The fourth-order valence-corrected chi connectivity index (χ4v) is 5.61. The molecule has 0 spiro atoms. The number of rotatable bonds is 7. The number of carbonyl (C=O) groups excluding carboxylic acids is 2. The highest BCUT2D eigenvalue weighted by Gasteiger charge is 2.60. The number of esters is 1. The first kappa shape index (κ1) is 23.4. The maximum atomic E-state index is 12.6. The molecule has 1 aliphatic rings. The molecule has 1 heterocycles. The number of carbonyl (C=O) groups is 2. The molecule has 1 atom stereocenters. The molecule has 8 nitrogen and oxygen atoms in total. The Morgan fingerprint density at radius 1 is 1.27 bits per heavy atom. The van der Waals surface area contributed by atoms with E-state index in [1.807, 2.05) is 0 Å². The summed E-state index contributed by atoms with van der Waals surface area (Å²) in [5.41, 5.74) is -0.0398. The van der Waals surface area contributed by atoms with Gasteiger partial charge in [0.25, 0.3) is 0 Å². The summed E-state index contributed by atoms with van der Waals surface area (Å²) in [6, 6.07) is 5.43. The lowest BCUT2D eigenvalue weighted by Crippen LogP contribution is -2.75. The van der Waals surface area contributed by atoms with Crippen molar-refractivity contribution in [2.75, 3.05) is 44.2 Å². The number of likely N-dealkylation sites (N-methyl/N-ethyl adjacent to an activating group) is 1. The minimum Gasteiger partial charge on any atom is -0.467 e. The predicted molar refractivity (Wildman–Crippen MR) is 112 cm³/mol. The Bertz CT molecular complexity index is 998. The maximum absolute atomic E-state index is 12.6. The van der Waals surface area contributed by atoms with E-state index in [1.54, 1.807) is 43.3 Å². The van der Waals surface area contributed by atoms with Crippen molar-refractivity contribution >= 4 is 27.9 Å². The van der Waals surface area contributed by atoms with Crippen LogP contribution >= 0.6 is 0 Å². The second-order valence-electron chi connectivity index (χ2n) is 7.04. The number of hydrogen-bond donors (Lipinski definition) is 1. The van der Waals surface area contributed by atoms with Gasteiger partial charge in [-0.1, -0.05) is 11.8 Å². The molecule has 30 heavy (non-hydrogen) atoms. The van der Waals surface area contributed by atoms with Crippen LogP contribution in [0.4, 0.5) is 5.69 Å². The van der Waals surface area contributed by atoms with Crippen LogP contribution in [0.5, 0.6) is 0 Å². The first-order chi connectivity index (χ1) is 14.2. The van der Waals surface area contributed by atoms with E-state index in [-0.39, 0.29) is 18.1 Å². The summed E-state index contributed by atoms with van der Waals surface area (Å²) >= 11 is 0. The van der Waals surface area contributed by atoms with Crippen molar-refractivity contribution in [3.05, 3.63) is 29.8 Å². The highest BCUT2D eigenvalue weighted by molar-refractivity contribution is 7.93. The molecule has 0 bridgehead atoms. The smallest absolute Gasteiger partial charge is 0.330 e. The SMILES string of the molecule is COC(=O)C(N(C=O)c1ccc(C#CC#CCCO)cc1)C1(N(C)C)CS(=O)(=O)C1. The van der Waals surface area contributed by atoms with Gasteiger partial charge in [-0.2, -0.15) is 0 Å². The normalized spacial score (nSPS) is 16.7. The third kappa shape index (κ3) is 5.00. The average Bonchev–Trinajstić information content (AvgIpc) is 2.69. The number of hydrogen-bond acceptors (Lipinski definition) is 7. The van der Waals surface area contributed by atoms with E-state index >= 15 is 0 Å². The predicted octanol–water partition coefficient (Wildman–Crippen LogP) is -0.343. The lowest BCUT2D eigenvalue weighted by molar-refractivity contribution is -0.146. The van der Waals surface area contributed by atoms with Gasteiger partial charge in [-0.25, -0.2) is 13.2 Å². The summed E-state index contributed by atoms with van der Waals surface area (Å²) in [6.07, 6.45) is 0.846. The van der Waals surface area contributed by atoms with Gasteiger partial charge in [0, 0.05) is 17.7 Å². The van der Waals surface area contributed by atoms with E-state index in [4.69, 9.17) is 9.84 Å². The van der Waals surface area contributed by atoms with Crippen LogP contribution in [0.25, 0.3) is 0 Å². The van der Waals surface area contributed by atoms with Crippen LogP contribution in [0.3, 0.4) is 0 Å². The Labute approximate surface area is 176 Å². The molecule has 1 saturated heterocycles. The highest BCUT2D eigenvalue weighted by Crippen LogP contribution is 2.36. The average molecular weight is 432 g/mol. The van der Waals surface area contributed by atoms with Crippen molar-refractivity contribution in [3.8, 4) is 23.7 Å². The first-order valence-corrected chi connectivity index (χ1v) is 10.9. The molecule has 1 unspecified atom stereocenters. The molecule has 9 heteroatoms. The Kier molecular flexibility index (Phi) is 7.63. The molecule has 1 aliphatic heterocycles. The summed E-state index contributed by atoms with van der Waals surface area (Å²) in [5.74, 6) is 9.60. The maximum Gasteiger partial charge on any atom is 0.330 e. The minimum absolute atomic E-state index is 0.0258. The molecule has 1 fully saturated rings.